The Bertz CT molecular complexity index is 807. The summed E-state index contributed by atoms with van der Waals surface area (Å²) in [5, 5.41) is 0. The monoisotopic (exact) mass is 445 g/mol. The summed E-state index contributed by atoms with van der Waals surface area (Å²) in [4.78, 5) is 14.0. The van der Waals surface area contributed by atoms with E-state index in [0.717, 1.165) is 47.3 Å². The topological polar surface area (TPSA) is 38.8 Å². The number of carbonyl (C=O) groups is 1. The SMILES string of the molecule is CC(C)(C)OC(=O)N1CCC(COc2ccccc2-c2ccccc2Br)CC1. The number of piperidine rings is 1. The van der Waals surface area contributed by atoms with E-state index in [1.54, 1.807) is 4.90 Å². The molecule has 0 atom stereocenters. The number of ether oxygens (including phenoxy) is 2. The van der Waals surface area contributed by atoms with Crippen molar-refractivity contribution in [1.29, 1.82) is 0 Å². The van der Waals surface area contributed by atoms with Gasteiger partial charge in [0, 0.05) is 23.1 Å². The van der Waals surface area contributed by atoms with Crippen molar-refractivity contribution in [2.24, 2.45) is 5.92 Å². The average Bonchev–Trinajstić information content (AvgIpc) is 2.66. The van der Waals surface area contributed by atoms with E-state index >= 15 is 0 Å². The molecular weight excluding hydrogens is 418 g/mol. The van der Waals surface area contributed by atoms with Crippen LogP contribution in [0.3, 0.4) is 0 Å². The molecule has 5 heteroatoms. The first-order chi connectivity index (χ1) is 13.3. The molecule has 1 aliphatic heterocycles. The second-order valence-corrected chi connectivity index (χ2v) is 9.05. The number of nitrogens with zero attached hydrogens (tertiary/aromatic N) is 1. The van der Waals surface area contributed by atoms with E-state index in [4.69, 9.17) is 9.47 Å². The van der Waals surface area contributed by atoms with Crippen LogP contribution in [0.4, 0.5) is 4.79 Å². The summed E-state index contributed by atoms with van der Waals surface area (Å²) < 4.78 is 12.7. The first-order valence-corrected chi connectivity index (χ1v) is 10.6. The molecule has 2 aromatic rings. The molecule has 0 aromatic heterocycles. The third-order valence-electron chi connectivity index (χ3n) is 4.79. The van der Waals surface area contributed by atoms with Gasteiger partial charge in [-0.2, -0.15) is 0 Å². The molecule has 1 heterocycles. The van der Waals surface area contributed by atoms with Crippen molar-refractivity contribution < 1.29 is 14.3 Å². The molecule has 0 spiro atoms. The highest BCUT2D eigenvalue weighted by atomic mass is 79.9. The zero-order valence-corrected chi connectivity index (χ0v) is 18.4. The number of halogens is 1. The van der Waals surface area contributed by atoms with Crippen LogP contribution in [0.5, 0.6) is 5.75 Å². The third kappa shape index (κ3) is 5.51. The van der Waals surface area contributed by atoms with Gasteiger partial charge in [-0.15, -0.1) is 0 Å². The van der Waals surface area contributed by atoms with Crippen LogP contribution in [0.1, 0.15) is 33.6 Å². The molecule has 1 fully saturated rings. The number of likely N-dealkylation sites (tertiary alicyclic amines) is 1. The highest BCUT2D eigenvalue weighted by Gasteiger charge is 2.27. The van der Waals surface area contributed by atoms with Crippen LogP contribution in [0.2, 0.25) is 0 Å². The predicted octanol–water partition coefficient (Wildman–Crippen LogP) is 6.14. The Labute approximate surface area is 176 Å². The fourth-order valence-corrected chi connectivity index (χ4v) is 3.81. The molecule has 0 N–H and O–H groups in total. The molecule has 4 nitrogen and oxygen atoms in total. The molecule has 0 saturated carbocycles. The van der Waals surface area contributed by atoms with Gasteiger partial charge in [-0.3, -0.25) is 0 Å². The lowest BCUT2D eigenvalue weighted by Crippen LogP contribution is -2.42. The lowest BCUT2D eigenvalue weighted by molar-refractivity contribution is 0.0165. The Morgan fingerprint density at radius 3 is 2.29 bits per heavy atom. The minimum absolute atomic E-state index is 0.217. The van der Waals surface area contributed by atoms with Gasteiger partial charge in [0.15, 0.2) is 0 Å². The van der Waals surface area contributed by atoms with Crippen molar-refractivity contribution in [3.8, 4) is 16.9 Å². The van der Waals surface area contributed by atoms with Gasteiger partial charge in [0.25, 0.3) is 0 Å². The predicted molar refractivity (Wildman–Crippen MR) is 116 cm³/mol. The summed E-state index contributed by atoms with van der Waals surface area (Å²) in [6.07, 6.45) is 1.64. The normalized spacial score (nSPS) is 15.4. The largest absolute Gasteiger partial charge is 0.493 e. The summed E-state index contributed by atoms with van der Waals surface area (Å²) in [7, 11) is 0. The average molecular weight is 446 g/mol. The molecule has 150 valence electrons. The molecule has 2 aromatic carbocycles. The summed E-state index contributed by atoms with van der Waals surface area (Å²) >= 11 is 3.63. The number of rotatable bonds is 4. The lowest BCUT2D eigenvalue weighted by Gasteiger charge is -2.33. The summed E-state index contributed by atoms with van der Waals surface area (Å²) in [5.74, 6) is 1.33. The minimum Gasteiger partial charge on any atom is -0.493 e. The highest BCUT2D eigenvalue weighted by Crippen LogP contribution is 2.35. The summed E-state index contributed by atoms with van der Waals surface area (Å²) in [6, 6.07) is 16.3. The van der Waals surface area contributed by atoms with Crippen molar-refractivity contribution in [3.63, 3.8) is 0 Å². The Balaban J connectivity index is 1.57. The zero-order chi connectivity index (χ0) is 20.1. The second-order valence-electron chi connectivity index (χ2n) is 8.20. The molecule has 1 amide bonds. The molecule has 0 unspecified atom stereocenters. The Morgan fingerprint density at radius 1 is 1.04 bits per heavy atom. The molecule has 0 bridgehead atoms. The standard InChI is InChI=1S/C23H28BrNO3/c1-23(2,3)28-22(26)25-14-12-17(13-15-25)16-27-21-11-7-5-9-19(21)18-8-4-6-10-20(18)24/h4-11,17H,12-16H2,1-3H3. The third-order valence-corrected chi connectivity index (χ3v) is 5.48. The van der Waals surface area contributed by atoms with E-state index in [-0.39, 0.29) is 6.09 Å². The van der Waals surface area contributed by atoms with Gasteiger partial charge in [0.1, 0.15) is 11.4 Å². The lowest BCUT2D eigenvalue weighted by atomic mass is 9.98. The van der Waals surface area contributed by atoms with Crippen LogP contribution in [0, 0.1) is 5.92 Å². The molecule has 1 saturated heterocycles. The van der Waals surface area contributed by atoms with Gasteiger partial charge in [-0.25, -0.2) is 4.79 Å². The first-order valence-electron chi connectivity index (χ1n) is 9.78. The number of amides is 1. The van der Waals surface area contributed by atoms with Crippen LogP contribution >= 0.6 is 15.9 Å². The van der Waals surface area contributed by atoms with Gasteiger partial charge in [0.05, 0.1) is 6.61 Å². The Kier molecular flexibility index (Phi) is 6.65. The van der Waals surface area contributed by atoms with Gasteiger partial charge in [-0.1, -0.05) is 52.3 Å². The van der Waals surface area contributed by atoms with E-state index in [1.165, 1.54) is 0 Å². The van der Waals surface area contributed by atoms with Crippen LogP contribution in [0.15, 0.2) is 53.0 Å². The zero-order valence-electron chi connectivity index (χ0n) is 16.8. The van der Waals surface area contributed by atoms with E-state index in [2.05, 4.69) is 28.1 Å². The van der Waals surface area contributed by atoms with Crippen molar-refractivity contribution >= 4 is 22.0 Å². The highest BCUT2D eigenvalue weighted by molar-refractivity contribution is 9.10. The molecule has 3 rings (SSSR count). The van der Waals surface area contributed by atoms with Crippen LogP contribution in [0.25, 0.3) is 11.1 Å². The number of hydrogen-bond acceptors (Lipinski definition) is 3. The smallest absolute Gasteiger partial charge is 0.410 e. The van der Waals surface area contributed by atoms with Gasteiger partial charge in [0.2, 0.25) is 0 Å². The van der Waals surface area contributed by atoms with Crippen molar-refractivity contribution in [1.82, 2.24) is 4.90 Å². The van der Waals surface area contributed by atoms with Gasteiger partial charge < -0.3 is 14.4 Å². The molecule has 0 radical (unpaired) electrons. The van der Waals surface area contributed by atoms with Crippen LogP contribution < -0.4 is 4.74 Å². The number of benzene rings is 2. The number of hydrogen-bond donors (Lipinski definition) is 0. The van der Waals surface area contributed by atoms with Gasteiger partial charge >= 0.3 is 6.09 Å². The van der Waals surface area contributed by atoms with Crippen LogP contribution in [-0.2, 0) is 4.74 Å². The molecule has 0 aliphatic carbocycles. The summed E-state index contributed by atoms with van der Waals surface area (Å²) in [5.41, 5.74) is 1.76. The Morgan fingerprint density at radius 2 is 1.64 bits per heavy atom. The van der Waals surface area contributed by atoms with E-state index in [0.29, 0.717) is 12.5 Å². The fraction of sp³-hybridized carbons (Fsp3) is 0.435. The maximum Gasteiger partial charge on any atom is 0.410 e. The first kappa shape index (κ1) is 20.7. The molecular formula is C23H28BrNO3. The maximum absolute atomic E-state index is 12.2. The molecule has 1 aliphatic rings. The Hall–Kier alpha value is -2.01. The minimum atomic E-state index is -0.452. The van der Waals surface area contributed by atoms with E-state index in [9.17, 15) is 4.79 Å². The van der Waals surface area contributed by atoms with Crippen LogP contribution in [-0.4, -0.2) is 36.3 Å². The number of carbonyl (C=O) groups excluding carboxylic acids is 1. The van der Waals surface area contributed by atoms with Crippen molar-refractivity contribution in [3.05, 3.63) is 53.0 Å². The fourth-order valence-electron chi connectivity index (χ4n) is 3.31. The summed E-state index contributed by atoms with van der Waals surface area (Å²) in [6.45, 7) is 7.78. The maximum atomic E-state index is 12.2. The number of para-hydroxylation sites is 1. The van der Waals surface area contributed by atoms with Crippen molar-refractivity contribution in [2.75, 3.05) is 19.7 Å². The van der Waals surface area contributed by atoms with Crippen molar-refractivity contribution in [2.45, 2.75) is 39.2 Å². The quantitative estimate of drug-likeness (QED) is 0.566. The van der Waals surface area contributed by atoms with E-state index in [1.807, 2.05) is 57.2 Å². The second kappa shape index (κ2) is 8.99. The van der Waals surface area contributed by atoms with E-state index < -0.39 is 5.60 Å². The molecule has 28 heavy (non-hydrogen) atoms. The van der Waals surface area contributed by atoms with Gasteiger partial charge in [-0.05, 0) is 57.2 Å².